The maximum atomic E-state index is 5.77. The molecule has 0 radical (unpaired) electrons. The van der Waals surface area contributed by atoms with Gasteiger partial charge >= 0.3 is 0 Å². The molecule has 72 valence electrons. The van der Waals surface area contributed by atoms with Gasteiger partial charge in [0.25, 0.3) is 5.35 Å². The van der Waals surface area contributed by atoms with E-state index in [1.54, 1.807) is 12.1 Å². The molecule has 0 aliphatic carbocycles. The molecule has 2 aromatic rings. The van der Waals surface area contributed by atoms with Gasteiger partial charge in [0.1, 0.15) is 0 Å². The number of oxazole rings is 1. The zero-order valence-corrected chi connectivity index (χ0v) is 8.93. The number of hydrogen-bond donors (Lipinski definition) is 0. The van der Waals surface area contributed by atoms with Crippen LogP contribution < -0.4 is 0 Å². The third kappa shape index (κ3) is 1.76. The van der Waals surface area contributed by atoms with Crippen molar-refractivity contribution in [2.45, 2.75) is 6.92 Å². The second kappa shape index (κ2) is 3.64. The van der Waals surface area contributed by atoms with Crippen molar-refractivity contribution in [1.82, 2.24) is 4.98 Å². The van der Waals surface area contributed by atoms with Crippen molar-refractivity contribution in [2.75, 3.05) is 0 Å². The van der Waals surface area contributed by atoms with E-state index in [1.165, 1.54) is 0 Å². The molecule has 0 aliphatic rings. The molecular formula is C10H7Cl2NO. The molecule has 0 aliphatic heterocycles. The number of rotatable bonds is 1. The fourth-order valence-corrected chi connectivity index (χ4v) is 1.56. The first-order valence-electron chi connectivity index (χ1n) is 4.05. The van der Waals surface area contributed by atoms with Crippen molar-refractivity contribution in [3.05, 3.63) is 40.3 Å². The van der Waals surface area contributed by atoms with Gasteiger partial charge in [-0.1, -0.05) is 11.6 Å². The molecule has 1 aromatic carbocycles. The van der Waals surface area contributed by atoms with Gasteiger partial charge in [-0.15, -0.1) is 0 Å². The van der Waals surface area contributed by atoms with E-state index >= 15 is 0 Å². The van der Waals surface area contributed by atoms with E-state index in [2.05, 4.69) is 4.98 Å². The maximum absolute atomic E-state index is 5.77. The van der Waals surface area contributed by atoms with Gasteiger partial charge in [-0.05, 0) is 42.8 Å². The van der Waals surface area contributed by atoms with E-state index in [0.717, 1.165) is 11.3 Å². The van der Waals surface area contributed by atoms with Crippen LogP contribution in [-0.2, 0) is 0 Å². The summed E-state index contributed by atoms with van der Waals surface area (Å²) in [6, 6.07) is 7.33. The smallest absolute Gasteiger partial charge is 0.292 e. The largest absolute Gasteiger partial charge is 0.427 e. The Hall–Kier alpha value is -0.990. The number of nitrogens with zero attached hydrogens (tertiary/aromatic N) is 1. The van der Waals surface area contributed by atoms with E-state index in [-0.39, 0.29) is 5.35 Å². The molecule has 4 heteroatoms. The van der Waals surface area contributed by atoms with E-state index in [4.69, 9.17) is 27.6 Å². The fourth-order valence-electron chi connectivity index (χ4n) is 1.23. The molecule has 0 N–H and O–H groups in total. The summed E-state index contributed by atoms with van der Waals surface area (Å²) in [6.45, 7) is 1.85. The minimum atomic E-state index is 0.160. The second-order valence-electron chi connectivity index (χ2n) is 2.89. The van der Waals surface area contributed by atoms with Crippen LogP contribution in [0.15, 0.2) is 28.7 Å². The number of halogens is 2. The molecule has 0 unspecified atom stereocenters. The molecule has 1 heterocycles. The van der Waals surface area contributed by atoms with Crippen molar-refractivity contribution in [2.24, 2.45) is 0 Å². The topological polar surface area (TPSA) is 26.0 Å². The van der Waals surface area contributed by atoms with E-state index in [1.807, 2.05) is 19.1 Å². The molecular weight excluding hydrogens is 221 g/mol. The fraction of sp³-hybridized carbons (Fsp3) is 0.100. The summed E-state index contributed by atoms with van der Waals surface area (Å²) in [5, 5.41) is 0.851. The SMILES string of the molecule is Cc1nc(Cl)oc1-c1ccc(Cl)cc1. The van der Waals surface area contributed by atoms with Crippen molar-refractivity contribution < 1.29 is 4.42 Å². The molecule has 0 saturated heterocycles. The minimum absolute atomic E-state index is 0.160. The standard InChI is InChI=1S/C10H7Cl2NO/c1-6-9(14-10(12)13-6)7-2-4-8(11)5-3-7/h2-5H,1H3. The predicted molar refractivity (Wildman–Crippen MR) is 56.7 cm³/mol. The average molecular weight is 228 g/mol. The summed E-state index contributed by atoms with van der Waals surface area (Å²) in [4.78, 5) is 3.98. The number of aryl methyl sites for hydroxylation is 1. The van der Waals surface area contributed by atoms with Crippen LogP contribution in [0.5, 0.6) is 0 Å². The third-order valence-corrected chi connectivity index (χ3v) is 2.29. The van der Waals surface area contributed by atoms with Gasteiger partial charge < -0.3 is 4.42 Å². The maximum Gasteiger partial charge on any atom is 0.292 e. The lowest BCUT2D eigenvalue weighted by atomic mass is 10.1. The number of benzene rings is 1. The summed E-state index contributed by atoms with van der Waals surface area (Å²) >= 11 is 11.4. The number of aromatic nitrogens is 1. The van der Waals surface area contributed by atoms with Crippen LogP contribution in [0.3, 0.4) is 0 Å². The number of hydrogen-bond acceptors (Lipinski definition) is 2. The molecule has 1 aromatic heterocycles. The van der Waals surface area contributed by atoms with Crippen LogP contribution in [0.4, 0.5) is 0 Å². The minimum Gasteiger partial charge on any atom is -0.427 e. The highest BCUT2D eigenvalue weighted by Crippen LogP contribution is 2.27. The first-order valence-corrected chi connectivity index (χ1v) is 4.81. The lowest BCUT2D eigenvalue weighted by Gasteiger charge is -1.96. The van der Waals surface area contributed by atoms with Gasteiger partial charge in [-0.2, -0.15) is 0 Å². The summed E-state index contributed by atoms with van der Waals surface area (Å²) in [5.41, 5.74) is 1.70. The highest BCUT2D eigenvalue weighted by atomic mass is 35.5. The first-order chi connectivity index (χ1) is 6.66. The van der Waals surface area contributed by atoms with Crippen molar-refractivity contribution in [3.63, 3.8) is 0 Å². The van der Waals surface area contributed by atoms with Gasteiger partial charge in [0.15, 0.2) is 5.76 Å². The predicted octanol–water partition coefficient (Wildman–Crippen LogP) is 3.96. The Bertz CT molecular complexity index is 448. The summed E-state index contributed by atoms with van der Waals surface area (Å²) in [7, 11) is 0. The van der Waals surface area contributed by atoms with Gasteiger partial charge in [-0.25, -0.2) is 4.98 Å². The normalized spacial score (nSPS) is 10.5. The molecule has 0 saturated carbocycles. The van der Waals surface area contributed by atoms with E-state index in [9.17, 15) is 0 Å². The van der Waals surface area contributed by atoms with Gasteiger partial charge in [-0.3, -0.25) is 0 Å². The van der Waals surface area contributed by atoms with Crippen molar-refractivity contribution >= 4 is 23.2 Å². The monoisotopic (exact) mass is 227 g/mol. The molecule has 0 amide bonds. The quantitative estimate of drug-likeness (QED) is 0.738. The summed E-state index contributed by atoms with van der Waals surface area (Å²) < 4.78 is 5.25. The van der Waals surface area contributed by atoms with Crippen LogP contribution in [0, 0.1) is 6.92 Å². The van der Waals surface area contributed by atoms with Gasteiger partial charge in [0.05, 0.1) is 5.69 Å². The molecule has 2 nitrogen and oxygen atoms in total. The van der Waals surface area contributed by atoms with Crippen molar-refractivity contribution in [1.29, 1.82) is 0 Å². The molecule has 0 spiro atoms. The van der Waals surface area contributed by atoms with Gasteiger partial charge in [0, 0.05) is 10.6 Å². The van der Waals surface area contributed by atoms with Crippen molar-refractivity contribution in [3.8, 4) is 11.3 Å². The molecule has 0 atom stereocenters. The molecule has 14 heavy (non-hydrogen) atoms. The Morgan fingerprint density at radius 3 is 2.29 bits per heavy atom. The molecule has 2 rings (SSSR count). The van der Waals surface area contributed by atoms with Crippen LogP contribution in [0.25, 0.3) is 11.3 Å². The van der Waals surface area contributed by atoms with Crippen LogP contribution in [-0.4, -0.2) is 4.98 Å². The lowest BCUT2D eigenvalue weighted by molar-refractivity contribution is 0.573. The lowest BCUT2D eigenvalue weighted by Crippen LogP contribution is -1.77. The summed E-state index contributed by atoms with van der Waals surface area (Å²) in [5.74, 6) is 0.687. The highest BCUT2D eigenvalue weighted by Gasteiger charge is 2.09. The summed E-state index contributed by atoms with van der Waals surface area (Å²) in [6.07, 6.45) is 0. The van der Waals surface area contributed by atoms with Crippen LogP contribution >= 0.6 is 23.2 Å². The van der Waals surface area contributed by atoms with Crippen LogP contribution in [0.2, 0.25) is 10.4 Å². The first kappa shape index (κ1) is 9.56. The molecule has 0 bridgehead atoms. The zero-order chi connectivity index (χ0) is 10.1. The Kier molecular flexibility index (Phi) is 2.48. The Labute approximate surface area is 91.5 Å². The Morgan fingerprint density at radius 1 is 1.14 bits per heavy atom. The Balaban J connectivity index is 2.49. The Morgan fingerprint density at radius 2 is 1.79 bits per heavy atom. The van der Waals surface area contributed by atoms with E-state index in [0.29, 0.717) is 10.8 Å². The van der Waals surface area contributed by atoms with Crippen LogP contribution in [0.1, 0.15) is 5.69 Å². The molecule has 0 fully saturated rings. The second-order valence-corrected chi connectivity index (χ2v) is 3.65. The third-order valence-electron chi connectivity index (χ3n) is 1.88. The zero-order valence-electron chi connectivity index (χ0n) is 7.42. The van der Waals surface area contributed by atoms with E-state index < -0.39 is 0 Å². The van der Waals surface area contributed by atoms with Gasteiger partial charge in [0.2, 0.25) is 0 Å². The average Bonchev–Trinajstić information content (AvgIpc) is 2.47. The highest BCUT2D eigenvalue weighted by molar-refractivity contribution is 6.30.